The van der Waals surface area contributed by atoms with Crippen molar-refractivity contribution in [3.05, 3.63) is 29.3 Å². The van der Waals surface area contributed by atoms with Gasteiger partial charge in [-0.05, 0) is 54.9 Å². The van der Waals surface area contributed by atoms with Crippen LogP contribution in [-0.2, 0) is 12.8 Å². The molecule has 2 nitrogen and oxygen atoms in total. The Morgan fingerprint density at radius 1 is 1.05 bits per heavy atom. The van der Waals surface area contributed by atoms with Crippen LogP contribution in [0.15, 0.2) is 18.2 Å². The van der Waals surface area contributed by atoms with Gasteiger partial charge in [0.25, 0.3) is 0 Å². The maximum atomic E-state index is 6.23. The van der Waals surface area contributed by atoms with E-state index < -0.39 is 0 Å². The highest BCUT2D eigenvalue weighted by Gasteiger charge is 2.17. The summed E-state index contributed by atoms with van der Waals surface area (Å²) in [5.74, 6) is 1.55. The quantitative estimate of drug-likeness (QED) is 0.848. The molecule has 1 aliphatic carbocycles. The standard InChI is InChI=1S/C18H29NO/c1-13(2)18(12-19-14(3)4)20-17-10-9-15-7-5-6-8-16(15)11-17/h9-11,13-14,18-19H,5-8,12H2,1-4H3. The fraction of sp³-hybridized carbons (Fsp3) is 0.667. The monoisotopic (exact) mass is 275 g/mol. The lowest BCUT2D eigenvalue weighted by atomic mass is 9.92. The molecule has 0 bridgehead atoms. The molecule has 20 heavy (non-hydrogen) atoms. The van der Waals surface area contributed by atoms with Gasteiger partial charge in [-0.3, -0.25) is 0 Å². The molecule has 2 rings (SSSR count). The van der Waals surface area contributed by atoms with Crippen molar-refractivity contribution in [1.82, 2.24) is 5.32 Å². The van der Waals surface area contributed by atoms with Crippen LogP contribution in [0, 0.1) is 5.92 Å². The number of hydrogen-bond acceptors (Lipinski definition) is 2. The van der Waals surface area contributed by atoms with Gasteiger partial charge in [0.2, 0.25) is 0 Å². The number of rotatable bonds is 6. The average Bonchev–Trinajstić information content (AvgIpc) is 2.42. The van der Waals surface area contributed by atoms with Gasteiger partial charge in [-0.2, -0.15) is 0 Å². The fourth-order valence-electron chi connectivity index (χ4n) is 2.72. The van der Waals surface area contributed by atoms with Gasteiger partial charge in [0.05, 0.1) is 0 Å². The first-order valence-electron chi connectivity index (χ1n) is 8.08. The lowest BCUT2D eigenvalue weighted by Gasteiger charge is -2.25. The van der Waals surface area contributed by atoms with E-state index in [-0.39, 0.29) is 6.10 Å². The van der Waals surface area contributed by atoms with E-state index in [1.165, 1.54) is 36.8 Å². The van der Waals surface area contributed by atoms with E-state index in [1.54, 1.807) is 0 Å². The molecule has 1 aliphatic rings. The van der Waals surface area contributed by atoms with Gasteiger partial charge in [0.15, 0.2) is 0 Å². The topological polar surface area (TPSA) is 21.3 Å². The Morgan fingerprint density at radius 3 is 2.40 bits per heavy atom. The second-order valence-corrected chi connectivity index (χ2v) is 6.60. The second kappa shape index (κ2) is 7.12. The Labute approximate surface area is 123 Å². The summed E-state index contributed by atoms with van der Waals surface area (Å²) in [4.78, 5) is 0. The number of benzene rings is 1. The molecule has 112 valence electrons. The summed E-state index contributed by atoms with van der Waals surface area (Å²) in [5, 5.41) is 3.48. The van der Waals surface area contributed by atoms with Crippen molar-refractivity contribution < 1.29 is 4.74 Å². The molecule has 0 radical (unpaired) electrons. The molecule has 0 saturated heterocycles. The van der Waals surface area contributed by atoms with Gasteiger partial charge in [0.1, 0.15) is 11.9 Å². The first-order valence-corrected chi connectivity index (χ1v) is 8.08. The molecule has 2 heteroatoms. The van der Waals surface area contributed by atoms with Crippen LogP contribution in [0.1, 0.15) is 51.7 Å². The van der Waals surface area contributed by atoms with Gasteiger partial charge < -0.3 is 10.1 Å². The average molecular weight is 275 g/mol. The minimum absolute atomic E-state index is 0.235. The Kier molecular flexibility index (Phi) is 5.47. The number of hydrogen-bond donors (Lipinski definition) is 1. The largest absolute Gasteiger partial charge is 0.489 e. The van der Waals surface area contributed by atoms with Crippen LogP contribution >= 0.6 is 0 Å². The molecular formula is C18H29NO. The summed E-state index contributed by atoms with van der Waals surface area (Å²) in [6.07, 6.45) is 5.33. The molecule has 0 aromatic heterocycles. The lowest BCUT2D eigenvalue weighted by molar-refractivity contribution is 0.146. The molecule has 0 fully saturated rings. The predicted octanol–water partition coefficient (Wildman–Crippen LogP) is 3.97. The Bertz CT molecular complexity index is 425. The molecule has 0 heterocycles. The molecule has 0 saturated carbocycles. The SMILES string of the molecule is CC(C)NCC(Oc1ccc2c(c1)CCCC2)C(C)C. The van der Waals surface area contributed by atoms with Crippen LogP contribution in [-0.4, -0.2) is 18.7 Å². The number of aryl methyl sites for hydroxylation is 2. The Balaban J connectivity index is 2.02. The third-order valence-electron chi connectivity index (χ3n) is 4.08. The van der Waals surface area contributed by atoms with Gasteiger partial charge in [0, 0.05) is 12.6 Å². The highest BCUT2D eigenvalue weighted by atomic mass is 16.5. The number of ether oxygens (including phenoxy) is 1. The normalized spacial score (nSPS) is 16.3. The summed E-state index contributed by atoms with van der Waals surface area (Å²) in [6.45, 7) is 9.72. The summed E-state index contributed by atoms with van der Waals surface area (Å²) in [5.41, 5.74) is 3.01. The summed E-state index contributed by atoms with van der Waals surface area (Å²) >= 11 is 0. The van der Waals surface area contributed by atoms with Crippen LogP contribution in [0.5, 0.6) is 5.75 Å². The Morgan fingerprint density at radius 2 is 1.75 bits per heavy atom. The molecule has 1 unspecified atom stereocenters. The second-order valence-electron chi connectivity index (χ2n) is 6.60. The molecule has 0 amide bonds. The first kappa shape index (κ1) is 15.4. The minimum atomic E-state index is 0.235. The van der Waals surface area contributed by atoms with Crippen molar-refractivity contribution >= 4 is 0 Å². The summed E-state index contributed by atoms with van der Waals surface area (Å²) < 4.78 is 6.23. The Hall–Kier alpha value is -1.02. The van der Waals surface area contributed by atoms with Crippen LogP contribution in [0.25, 0.3) is 0 Å². The van der Waals surface area contributed by atoms with Crippen molar-refractivity contribution in [1.29, 1.82) is 0 Å². The summed E-state index contributed by atoms with van der Waals surface area (Å²) in [6, 6.07) is 7.18. The number of nitrogens with one attached hydrogen (secondary N) is 1. The molecule has 0 spiro atoms. The lowest BCUT2D eigenvalue weighted by Crippen LogP contribution is -2.38. The van der Waals surface area contributed by atoms with E-state index in [2.05, 4.69) is 51.2 Å². The van der Waals surface area contributed by atoms with Crippen LogP contribution in [0.3, 0.4) is 0 Å². The highest BCUT2D eigenvalue weighted by molar-refractivity contribution is 5.37. The van der Waals surface area contributed by atoms with E-state index in [0.29, 0.717) is 12.0 Å². The summed E-state index contributed by atoms with van der Waals surface area (Å²) in [7, 11) is 0. The highest BCUT2D eigenvalue weighted by Crippen LogP contribution is 2.26. The minimum Gasteiger partial charge on any atom is -0.489 e. The van der Waals surface area contributed by atoms with Gasteiger partial charge in [-0.1, -0.05) is 33.8 Å². The maximum Gasteiger partial charge on any atom is 0.120 e. The third kappa shape index (κ3) is 4.24. The van der Waals surface area contributed by atoms with E-state index in [1.807, 2.05) is 0 Å². The molecule has 1 N–H and O–H groups in total. The van der Waals surface area contributed by atoms with Crippen molar-refractivity contribution in [2.24, 2.45) is 5.92 Å². The van der Waals surface area contributed by atoms with Crippen molar-refractivity contribution in [3.63, 3.8) is 0 Å². The van der Waals surface area contributed by atoms with Gasteiger partial charge in [-0.25, -0.2) is 0 Å². The zero-order valence-corrected chi connectivity index (χ0v) is 13.4. The van der Waals surface area contributed by atoms with Crippen LogP contribution in [0.2, 0.25) is 0 Å². The van der Waals surface area contributed by atoms with Crippen molar-refractivity contribution in [2.45, 2.75) is 65.5 Å². The van der Waals surface area contributed by atoms with Crippen molar-refractivity contribution in [2.75, 3.05) is 6.54 Å². The zero-order valence-electron chi connectivity index (χ0n) is 13.4. The molecule has 1 atom stereocenters. The van der Waals surface area contributed by atoms with Crippen molar-refractivity contribution in [3.8, 4) is 5.75 Å². The molecule has 0 aliphatic heterocycles. The molecular weight excluding hydrogens is 246 g/mol. The van der Waals surface area contributed by atoms with E-state index >= 15 is 0 Å². The number of fused-ring (bicyclic) bond motifs is 1. The molecule has 1 aromatic rings. The van der Waals surface area contributed by atoms with Gasteiger partial charge >= 0.3 is 0 Å². The first-order chi connectivity index (χ1) is 9.56. The molecule has 1 aromatic carbocycles. The predicted molar refractivity (Wildman–Crippen MR) is 85.5 cm³/mol. The van der Waals surface area contributed by atoms with E-state index in [4.69, 9.17) is 4.74 Å². The third-order valence-corrected chi connectivity index (χ3v) is 4.08. The van der Waals surface area contributed by atoms with Gasteiger partial charge in [-0.15, -0.1) is 0 Å². The smallest absolute Gasteiger partial charge is 0.120 e. The maximum absolute atomic E-state index is 6.23. The van der Waals surface area contributed by atoms with Crippen LogP contribution in [0.4, 0.5) is 0 Å². The fourth-order valence-corrected chi connectivity index (χ4v) is 2.72. The van der Waals surface area contributed by atoms with E-state index in [9.17, 15) is 0 Å². The van der Waals surface area contributed by atoms with E-state index in [0.717, 1.165) is 12.3 Å². The van der Waals surface area contributed by atoms with Crippen LogP contribution < -0.4 is 10.1 Å². The zero-order chi connectivity index (χ0) is 14.5.